The van der Waals surface area contributed by atoms with Crippen LogP contribution in [0.4, 0.5) is 0 Å². The number of carbonyl (C=O) groups excluding carboxylic acids is 1. The van der Waals surface area contributed by atoms with Gasteiger partial charge in [0.15, 0.2) is 9.84 Å². The van der Waals surface area contributed by atoms with Crippen LogP contribution in [-0.2, 0) is 21.1 Å². The van der Waals surface area contributed by atoms with E-state index in [1.165, 1.54) is 0 Å². The molecular formula is C20H21NO7S. The van der Waals surface area contributed by atoms with Gasteiger partial charge >= 0.3 is 5.63 Å². The van der Waals surface area contributed by atoms with Crippen molar-refractivity contribution in [3.8, 4) is 0 Å². The number of fused-ring (bicyclic) bond motifs is 2. The minimum absolute atomic E-state index is 0.0205. The number of benzene rings is 1. The highest BCUT2D eigenvalue weighted by molar-refractivity contribution is 7.91. The van der Waals surface area contributed by atoms with Gasteiger partial charge in [0, 0.05) is 28.8 Å². The number of furan rings is 1. The van der Waals surface area contributed by atoms with Gasteiger partial charge in [-0.3, -0.25) is 4.79 Å². The maximum atomic E-state index is 12.4. The number of aliphatic hydroxyl groups is 1. The molecule has 1 amide bonds. The molecule has 0 spiro atoms. The Morgan fingerprint density at radius 1 is 1.21 bits per heavy atom. The van der Waals surface area contributed by atoms with Gasteiger partial charge in [0.05, 0.1) is 29.9 Å². The number of sulfone groups is 1. The summed E-state index contributed by atoms with van der Waals surface area (Å²) >= 11 is 0. The maximum absolute atomic E-state index is 12.4. The summed E-state index contributed by atoms with van der Waals surface area (Å²) in [6.07, 6.45) is 0.651. The molecule has 3 heterocycles. The molecule has 154 valence electrons. The molecule has 0 radical (unpaired) electrons. The third kappa shape index (κ3) is 3.67. The summed E-state index contributed by atoms with van der Waals surface area (Å²) in [6, 6.07) is 2.77. The van der Waals surface area contributed by atoms with E-state index in [0.29, 0.717) is 16.7 Å². The summed E-state index contributed by atoms with van der Waals surface area (Å²) in [6.45, 7) is 3.73. The third-order valence-electron chi connectivity index (χ3n) is 5.45. The Labute approximate surface area is 166 Å². The molecule has 9 heteroatoms. The largest absolute Gasteiger partial charge is 0.464 e. The third-order valence-corrected chi connectivity index (χ3v) is 7.16. The zero-order valence-corrected chi connectivity index (χ0v) is 16.8. The summed E-state index contributed by atoms with van der Waals surface area (Å²) in [5.74, 6) is -1.06. The number of hydrogen-bond acceptors (Lipinski definition) is 7. The molecule has 2 aromatic heterocycles. The quantitative estimate of drug-likeness (QED) is 0.611. The average Bonchev–Trinajstić information content (AvgIpc) is 3.11. The van der Waals surface area contributed by atoms with Crippen LogP contribution in [0, 0.1) is 13.8 Å². The fourth-order valence-corrected chi connectivity index (χ4v) is 5.55. The lowest BCUT2D eigenvalue weighted by atomic mass is 10.0. The van der Waals surface area contributed by atoms with E-state index in [0.717, 1.165) is 21.9 Å². The molecular weight excluding hydrogens is 398 g/mol. The van der Waals surface area contributed by atoms with Crippen molar-refractivity contribution < 1.29 is 27.2 Å². The zero-order valence-electron chi connectivity index (χ0n) is 16.0. The summed E-state index contributed by atoms with van der Waals surface area (Å²) < 4.78 is 34.0. The summed E-state index contributed by atoms with van der Waals surface area (Å²) in [4.78, 5) is 24.7. The molecule has 29 heavy (non-hydrogen) atoms. The first-order valence-corrected chi connectivity index (χ1v) is 11.1. The molecule has 1 saturated heterocycles. The Morgan fingerprint density at radius 3 is 2.66 bits per heavy atom. The lowest BCUT2D eigenvalue weighted by molar-refractivity contribution is -0.122. The molecule has 0 saturated carbocycles. The van der Waals surface area contributed by atoms with E-state index in [-0.39, 0.29) is 24.3 Å². The second-order valence-corrected chi connectivity index (χ2v) is 9.73. The fourth-order valence-electron chi connectivity index (χ4n) is 3.81. The second-order valence-electron chi connectivity index (χ2n) is 7.57. The van der Waals surface area contributed by atoms with Gasteiger partial charge in [0.2, 0.25) is 5.91 Å². The van der Waals surface area contributed by atoms with Crippen LogP contribution < -0.4 is 10.9 Å². The Balaban J connectivity index is 1.56. The van der Waals surface area contributed by atoms with Crippen LogP contribution in [0.25, 0.3) is 21.9 Å². The number of carbonyl (C=O) groups is 1. The first kappa shape index (κ1) is 19.7. The van der Waals surface area contributed by atoms with Crippen molar-refractivity contribution in [2.24, 2.45) is 0 Å². The molecule has 1 aromatic carbocycles. The molecule has 3 aromatic rings. The number of aliphatic hydroxyl groups excluding tert-OH is 1. The van der Waals surface area contributed by atoms with Crippen LogP contribution >= 0.6 is 0 Å². The molecule has 2 N–H and O–H groups in total. The highest BCUT2D eigenvalue weighted by atomic mass is 32.2. The first-order valence-electron chi connectivity index (χ1n) is 9.26. The Bertz CT molecular complexity index is 1290. The van der Waals surface area contributed by atoms with Crippen molar-refractivity contribution in [2.45, 2.75) is 38.8 Å². The Kier molecular flexibility index (Phi) is 4.74. The predicted molar refractivity (Wildman–Crippen MR) is 107 cm³/mol. The van der Waals surface area contributed by atoms with Crippen LogP contribution in [0.3, 0.4) is 0 Å². The Morgan fingerprint density at radius 2 is 1.97 bits per heavy atom. The van der Waals surface area contributed by atoms with Crippen LogP contribution in [0.5, 0.6) is 0 Å². The second kappa shape index (κ2) is 7.00. The van der Waals surface area contributed by atoms with Crippen LogP contribution in [0.2, 0.25) is 0 Å². The number of amides is 1. The van der Waals surface area contributed by atoms with Crippen LogP contribution in [0.15, 0.2) is 32.0 Å². The molecule has 0 unspecified atom stereocenters. The van der Waals surface area contributed by atoms with Crippen LogP contribution in [0.1, 0.15) is 23.1 Å². The molecule has 0 bridgehead atoms. The van der Waals surface area contributed by atoms with Gasteiger partial charge in [-0.2, -0.15) is 0 Å². The molecule has 2 atom stereocenters. The number of rotatable bonds is 4. The van der Waals surface area contributed by atoms with E-state index < -0.39 is 33.5 Å². The van der Waals surface area contributed by atoms with E-state index in [2.05, 4.69) is 5.32 Å². The summed E-state index contributed by atoms with van der Waals surface area (Å²) in [5.41, 5.74) is 2.63. The normalized spacial score (nSPS) is 21.1. The number of nitrogens with one attached hydrogen (secondary N) is 1. The van der Waals surface area contributed by atoms with Gasteiger partial charge in [0.25, 0.3) is 0 Å². The lowest BCUT2D eigenvalue weighted by Crippen LogP contribution is -2.42. The van der Waals surface area contributed by atoms with Crippen molar-refractivity contribution >= 4 is 37.7 Å². The minimum Gasteiger partial charge on any atom is -0.464 e. The van der Waals surface area contributed by atoms with Gasteiger partial charge in [-0.15, -0.1) is 0 Å². The fraction of sp³-hybridized carbons (Fsp3) is 0.400. The van der Waals surface area contributed by atoms with Gasteiger partial charge < -0.3 is 19.3 Å². The van der Waals surface area contributed by atoms with E-state index in [1.807, 2.05) is 13.0 Å². The van der Waals surface area contributed by atoms with Gasteiger partial charge in [-0.1, -0.05) is 0 Å². The van der Waals surface area contributed by atoms with E-state index >= 15 is 0 Å². The highest BCUT2D eigenvalue weighted by Crippen LogP contribution is 2.29. The standard InChI is InChI=1S/C20H21NO7S/c1-10-7-27-17-6-18-14(5-13(10)17)11(2)12(20(24)28-18)3-4-19(23)21-15-8-29(25,26)9-16(15)22/h5-7,15-16,22H,3-4,8-9H2,1-2H3,(H,21,23)/t15-,16-/m0/s1. The summed E-state index contributed by atoms with van der Waals surface area (Å²) in [7, 11) is -3.35. The molecule has 0 aliphatic carbocycles. The zero-order chi connectivity index (χ0) is 20.9. The van der Waals surface area contributed by atoms with E-state index in [4.69, 9.17) is 8.83 Å². The van der Waals surface area contributed by atoms with Crippen molar-refractivity contribution in [3.05, 3.63) is 45.5 Å². The molecule has 1 aliphatic heterocycles. The van der Waals surface area contributed by atoms with Crippen molar-refractivity contribution in [1.29, 1.82) is 0 Å². The van der Waals surface area contributed by atoms with Crippen molar-refractivity contribution in [3.63, 3.8) is 0 Å². The minimum atomic E-state index is -3.35. The van der Waals surface area contributed by atoms with Crippen molar-refractivity contribution in [1.82, 2.24) is 5.32 Å². The summed E-state index contributed by atoms with van der Waals surface area (Å²) in [5, 5.41) is 14.0. The molecule has 4 rings (SSSR count). The topological polar surface area (TPSA) is 127 Å². The van der Waals surface area contributed by atoms with Gasteiger partial charge in [0.1, 0.15) is 11.2 Å². The van der Waals surface area contributed by atoms with Crippen LogP contribution in [-0.4, -0.2) is 43.1 Å². The lowest BCUT2D eigenvalue weighted by Gasteiger charge is -2.15. The SMILES string of the molecule is Cc1coc2cc3oc(=O)c(CCC(=O)N[C@H]4CS(=O)(=O)C[C@@H]4O)c(C)c3cc12. The maximum Gasteiger partial charge on any atom is 0.339 e. The molecule has 8 nitrogen and oxygen atoms in total. The van der Waals surface area contributed by atoms with Gasteiger partial charge in [-0.05, 0) is 37.5 Å². The first-order chi connectivity index (χ1) is 13.6. The van der Waals surface area contributed by atoms with Gasteiger partial charge in [-0.25, -0.2) is 13.2 Å². The highest BCUT2D eigenvalue weighted by Gasteiger charge is 2.37. The molecule has 1 fully saturated rings. The van der Waals surface area contributed by atoms with Crippen molar-refractivity contribution in [2.75, 3.05) is 11.5 Å². The van der Waals surface area contributed by atoms with E-state index in [9.17, 15) is 23.1 Å². The number of hydrogen-bond donors (Lipinski definition) is 2. The monoisotopic (exact) mass is 419 g/mol. The number of aryl methyl sites for hydroxylation is 2. The predicted octanol–water partition coefficient (Wildman–Crippen LogP) is 1.36. The molecule has 1 aliphatic rings. The Hall–Kier alpha value is -2.65. The average molecular weight is 419 g/mol. The smallest absolute Gasteiger partial charge is 0.339 e. The van der Waals surface area contributed by atoms with E-state index in [1.54, 1.807) is 19.3 Å².